The van der Waals surface area contributed by atoms with Crippen molar-refractivity contribution in [3.05, 3.63) is 74.8 Å². The number of primary amides is 1. The Morgan fingerprint density at radius 3 is 2.25 bits per heavy atom. The zero-order chi connectivity index (χ0) is 20.5. The number of nitrogens with two attached hydrogens (primary N) is 1. The number of nitro groups is 1. The molecule has 0 aliphatic carbocycles. The van der Waals surface area contributed by atoms with Crippen molar-refractivity contribution in [1.82, 2.24) is 0 Å². The van der Waals surface area contributed by atoms with Crippen molar-refractivity contribution in [2.24, 2.45) is 10.7 Å². The van der Waals surface area contributed by atoms with Crippen molar-refractivity contribution in [2.45, 2.75) is 52.4 Å². The van der Waals surface area contributed by atoms with Gasteiger partial charge in [0.1, 0.15) is 0 Å². The van der Waals surface area contributed by atoms with Crippen LogP contribution in [0.25, 0.3) is 0 Å². The first-order chi connectivity index (χ1) is 13.5. The molecule has 0 spiro atoms. The second-order valence-electron chi connectivity index (χ2n) is 6.73. The minimum atomic E-state index is -0.821. The topological polar surface area (TPSA) is 98.6 Å². The Balaban J connectivity index is 2.74. The standard InChI is InChI=1S/C22H27N3O3/c1-3-5-10-17-14-15-18(19(13-6-4-2)21(17)25(27)28)20(24-22(23)26)16-11-8-7-9-12-16/h7-9,11-12,14-15H,3-6,10,13H2,1-2H3,(H2,23,26). The highest BCUT2D eigenvalue weighted by atomic mass is 16.6. The number of aliphatic imine (C=N–C) groups is 1. The van der Waals surface area contributed by atoms with Crippen LogP contribution in [0.4, 0.5) is 10.5 Å². The predicted molar refractivity (Wildman–Crippen MR) is 112 cm³/mol. The second-order valence-corrected chi connectivity index (χ2v) is 6.73. The van der Waals surface area contributed by atoms with Crippen molar-refractivity contribution in [3.8, 4) is 0 Å². The van der Waals surface area contributed by atoms with Crippen LogP contribution in [0.5, 0.6) is 0 Å². The Hall–Kier alpha value is -3.02. The third-order valence-corrected chi connectivity index (χ3v) is 4.65. The fourth-order valence-electron chi connectivity index (χ4n) is 3.30. The molecule has 0 atom stereocenters. The van der Waals surface area contributed by atoms with Gasteiger partial charge in [-0.15, -0.1) is 0 Å². The van der Waals surface area contributed by atoms with E-state index in [-0.39, 0.29) is 10.6 Å². The number of unbranched alkanes of at least 4 members (excludes halogenated alkanes) is 2. The van der Waals surface area contributed by atoms with Crippen LogP contribution in [0.2, 0.25) is 0 Å². The monoisotopic (exact) mass is 381 g/mol. The van der Waals surface area contributed by atoms with Gasteiger partial charge in [0.05, 0.1) is 10.6 Å². The molecule has 0 aromatic heterocycles. The molecule has 0 aliphatic heterocycles. The summed E-state index contributed by atoms with van der Waals surface area (Å²) in [6.07, 6.45) is 4.76. The van der Waals surface area contributed by atoms with Gasteiger partial charge in [0.2, 0.25) is 0 Å². The summed E-state index contributed by atoms with van der Waals surface area (Å²) in [6.45, 7) is 4.10. The number of carbonyl (C=O) groups excluding carboxylic acids is 1. The summed E-state index contributed by atoms with van der Waals surface area (Å²) in [6, 6.07) is 12.0. The smallest absolute Gasteiger partial charge is 0.338 e. The Kier molecular flexibility index (Phi) is 7.87. The van der Waals surface area contributed by atoms with Crippen molar-refractivity contribution in [3.63, 3.8) is 0 Å². The van der Waals surface area contributed by atoms with E-state index < -0.39 is 6.03 Å². The highest BCUT2D eigenvalue weighted by Crippen LogP contribution is 2.32. The zero-order valence-corrected chi connectivity index (χ0v) is 16.5. The maximum absolute atomic E-state index is 12.0. The lowest BCUT2D eigenvalue weighted by Crippen LogP contribution is -2.15. The van der Waals surface area contributed by atoms with Crippen molar-refractivity contribution < 1.29 is 9.72 Å². The second kappa shape index (κ2) is 10.3. The molecule has 0 bridgehead atoms. The molecule has 0 saturated heterocycles. The Morgan fingerprint density at radius 2 is 1.68 bits per heavy atom. The number of nitrogens with zero attached hydrogens (tertiary/aromatic N) is 2. The van der Waals surface area contributed by atoms with Crippen LogP contribution in [0, 0.1) is 10.1 Å². The molecule has 0 radical (unpaired) electrons. The first-order valence-corrected chi connectivity index (χ1v) is 9.72. The molecule has 2 aromatic carbocycles. The number of hydrogen-bond acceptors (Lipinski definition) is 3. The summed E-state index contributed by atoms with van der Waals surface area (Å²) in [5.74, 6) is 0. The Bertz CT molecular complexity index is 861. The average molecular weight is 381 g/mol. The predicted octanol–water partition coefficient (Wildman–Crippen LogP) is 5.20. The molecule has 0 heterocycles. The van der Waals surface area contributed by atoms with E-state index in [0.29, 0.717) is 35.2 Å². The maximum atomic E-state index is 12.0. The van der Waals surface area contributed by atoms with Gasteiger partial charge in [-0.25, -0.2) is 4.79 Å². The van der Waals surface area contributed by atoms with Crippen LogP contribution in [0.15, 0.2) is 47.5 Å². The average Bonchev–Trinajstić information content (AvgIpc) is 2.69. The Labute approximate surface area is 165 Å². The molecule has 6 heteroatoms. The van der Waals surface area contributed by atoms with Gasteiger partial charge in [-0.2, -0.15) is 4.99 Å². The summed E-state index contributed by atoms with van der Waals surface area (Å²) in [5.41, 5.74) is 8.54. The van der Waals surface area contributed by atoms with E-state index in [4.69, 9.17) is 5.73 Å². The SMILES string of the molecule is CCCCc1ccc(C(=NC(N)=O)c2ccccc2)c(CCCC)c1[N+](=O)[O-]. The van der Waals surface area contributed by atoms with Crippen LogP contribution >= 0.6 is 0 Å². The molecule has 0 unspecified atom stereocenters. The molecular weight excluding hydrogens is 354 g/mol. The quantitative estimate of drug-likeness (QED) is 0.367. The first-order valence-electron chi connectivity index (χ1n) is 9.72. The van der Waals surface area contributed by atoms with E-state index in [2.05, 4.69) is 11.9 Å². The van der Waals surface area contributed by atoms with Crippen molar-refractivity contribution in [1.29, 1.82) is 0 Å². The number of rotatable bonds is 9. The molecule has 2 amide bonds. The van der Waals surface area contributed by atoms with Crippen LogP contribution in [0.1, 0.15) is 61.8 Å². The first kappa shape index (κ1) is 21.3. The van der Waals surface area contributed by atoms with Crippen LogP contribution < -0.4 is 5.73 Å². The number of carbonyl (C=O) groups is 1. The molecule has 0 fully saturated rings. The zero-order valence-electron chi connectivity index (χ0n) is 16.5. The number of urea groups is 1. The lowest BCUT2D eigenvalue weighted by atomic mass is 9.90. The van der Waals surface area contributed by atoms with E-state index in [1.807, 2.05) is 43.3 Å². The number of nitro benzene ring substituents is 1. The summed E-state index contributed by atoms with van der Waals surface area (Å²) >= 11 is 0. The molecular formula is C22H27N3O3. The minimum Gasteiger partial charge on any atom is -0.350 e. The largest absolute Gasteiger partial charge is 0.350 e. The molecule has 2 N–H and O–H groups in total. The number of amides is 2. The summed E-state index contributed by atoms with van der Waals surface area (Å²) < 4.78 is 0. The molecule has 6 nitrogen and oxygen atoms in total. The molecule has 148 valence electrons. The van der Waals surface area contributed by atoms with Gasteiger partial charge >= 0.3 is 6.03 Å². The van der Waals surface area contributed by atoms with Crippen LogP contribution in [0.3, 0.4) is 0 Å². The van der Waals surface area contributed by atoms with E-state index in [0.717, 1.165) is 31.2 Å². The maximum Gasteiger partial charge on any atom is 0.338 e. The number of hydrogen-bond donors (Lipinski definition) is 1. The van der Waals surface area contributed by atoms with Gasteiger partial charge in [-0.05, 0) is 25.7 Å². The van der Waals surface area contributed by atoms with Gasteiger partial charge in [0.25, 0.3) is 5.69 Å². The summed E-state index contributed by atoms with van der Waals surface area (Å²) in [4.78, 5) is 27.3. The number of benzene rings is 2. The summed E-state index contributed by atoms with van der Waals surface area (Å²) in [5, 5.41) is 12.0. The highest BCUT2D eigenvalue weighted by molar-refractivity contribution is 6.17. The normalized spacial score (nSPS) is 11.4. The molecule has 2 aromatic rings. The third kappa shape index (κ3) is 5.25. The third-order valence-electron chi connectivity index (χ3n) is 4.65. The van der Waals surface area contributed by atoms with E-state index in [9.17, 15) is 14.9 Å². The molecule has 28 heavy (non-hydrogen) atoms. The van der Waals surface area contributed by atoms with Gasteiger partial charge in [0.15, 0.2) is 0 Å². The lowest BCUT2D eigenvalue weighted by Gasteiger charge is -2.15. The lowest BCUT2D eigenvalue weighted by molar-refractivity contribution is -0.386. The van der Waals surface area contributed by atoms with Gasteiger partial charge < -0.3 is 5.73 Å². The van der Waals surface area contributed by atoms with Crippen LogP contribution in [-0.2, 0) is 12.8 Å². The van der Waals surface area contributed by atoms with Crippen molar-refractivity contribution in [2.75, 3.05) is 0 Å². The van der Waals surface area contributed by atoms with E-state index in [1.54, 1.807) is 6.07 Å². The van der Waals surface area contributed by atoms with Gasteiger partial charge in [-0.3, -0.25) is 10.1 Å². The van der Waals surface area contributed by atoms with E-state index >= 15 is 0 Å². The van der Waals surface area contributed by atoms with Gasteiger partial charge in [-0.1, -0.05) is 69.2 Å². The Morgan fingerprint density at radius 1 is 1.04 bits per heavy atom. The highest BCUT2D eigenvalue weighted by Gasteiger charge is 2.25. The fourth-order valence-corrected chi connectivity index (χ4v) is 3.30. The number of aryl methyl sites for hydroxylation is 1. The van der Waals surface area contributed by atoms with Gasteiger partial charge in [0, 0.05) is 22.3 Å². The van der Waals surface area contributed by atoms with E-state index in [1.165, 1.54) is 0 Å². The molecule has 0 saturated carbocycles. The fraction of sp³-hybridized carbons (Fsp3) is 0.364. The molecule has 0 aliphatic rings. The van der Waals surface area contributed by atoms with Crippen LogP contribution in [-0.4, -0.2) is 16.7 Å². The van der Waals surface area contributed by atoms with Crippen molar-refractivity contribution >= 4 is 17.4 Å². The minimum absolute atomic E-state index is 0.146. The molecule has 2 rings (SSSR count). The summed E-state index contributed by atoms with van der Waals surface area (Å²) in [7, 11) is 0.